The van der Waals surface area contributed by atoms with E-state index < -0.39 is 11.7 Å². The Morgan fingerprint density at radius 1 is 1.31 bits per heavy atom. The number of thioether (sulfide) groups is 1. The molecule has 5 nitrogen and oxygen atoms in total. The summed E-state index contributed by atoms with van der Waals surface area (Å²) in [6.45, 7) is 0. The molecule has 1 N–H and O–H groups in total. The van der Waals surface area contributed by atoms with Crippen molar-refractivity contribution in [2.45, 2.75) is 6.18 Å². The molecule has 0 fully saturated rings. The first-order chi connectivity index (χ1) is 12.2. The van der Waals surface area contributed by atoms with Gasteiger partial charge in [0.15, 0.2) is 17.1 Å². The lowest BCUT2D eigenvalue weighted by Crippen LogP contribution is -2.12. The number of nitrogens with zero attached hydrogens (tertiary/aromatic N) is 3. The summed E-state index contributed by atoms with van der Waals surface area (Å²) in [4.78, 5) is 7.75. The van der Waals surface area contributed by atoms with Gasteiger partial charge in [0.05, 0.1) is 21.3 Å². The lowest BCUT2D eigenvalue weighted by molar-refractivity contribution is -0.137. The van der Waals surface area contributed by atoms with E-state index in [0.29, 0.717) is 17.1 Å². The Balaban J connectivity index is 2.27. The molecule has 0 spiro atoms. The van der Waals surface area contributed by atoms with E-state index in [0.717, 1.165) is 12.1 Å². The van der Waals surface area contributed by atoms with Gasteiger partial charge >= 0.3 is 6.18 Å². The highest BCUT2D eigenvalue weighted by atomic mass is 35.5. The van der Waals surface area contributed by atoms with Gasteiger partial charge in [0.1, 0.15) is 0 Å². The number of ether oxygens (including phenoxy) is 1. The lowest BCUT2D eigenvalue weighted by Gasteiger charge is -2.11. The number of hydrogen-bond acceptors (Lipinski definition) is 5. The SMILES string of the molecule is CSC(=Nc1cc(Cl)c(Oc2ccc(C(F)(F)F)cn2)c(Cl)c1)NC#N. The topological polar surface area (TPSA) is 70.3 Å². The number of hydrogen-bond donors (Lipinski definition) is 1. The van der Waals surface area contributed by atoms with Gasteiger partial charge in [0, 0.05) is 12.3 Å². The quantitative estimate of drug-likeness (QED) is 0.302. The Kier molecular flexibility index (Phi) is 6.58. The summed E-state index contributed by atoms with van der Waals surface area (Å²) in [7, 11) is 0. The summed E-state index contributed by atoms with van der Waals surface area (Å²) < 4.78 is 43.0. The van der Waals surface area contributed by atoms with Gasteiger partial charge in [-0.05, 0) is 24.5 Å². The van der Waals surface area contributed by atoms with E-state index in [9.17, 15) is 13.2 Å². The zero-order valence-electron chi connectivity index (χ0n) is 12.9. The predicted octanol–water partition coefficient (Wildman–Crippen LogP) is 5.62. The molecule has 0 unspecified atom stereocenters. The van der Waals surface area contributed by atoms with Crippen molar-refractivity contribution in [1.29, 1.82) is 5.26 Å². The van der Waals surface area contributed by atoms with Crippen molar-refractivity contribution in [3.05, 3.63) is 46.1 Å². The number of benzene rings is 1. The standard InChI is InChI=1S/C15H9Cl2F3N4OS/c1-26-14(23-7-21)24-9-4-10(16)13(11(17)5-9)25-12-3-2-8(6-22-12)15(18,19)20/h2-6H,1H3,(H,23,24). The number of halogens is 5. The lowest BCUT2D eigenvalue weighted by atomic mass is 10.3. The summed E-state index contributed by atoms with van der Waals surface area (Å²) in [6.07, 6.45) is -0.377. The van der Waals surface area contributed by atoms with Crippen LogP contribution in [0.5, 0.6) is 11.6 Å². The first-order valence-corrected chi connectivity index (χ1v) is 8.70. The smallest absolute Gasteiger partial charge is 0.417 e. The molecule has 0 saturated heterocycles. The summed E-state index contributed by atoms with van der Waals surface area (Å²) in [6, 6.07) is 4.76. The summed E-state index contributed by atoms with van der Waals surface area (Å²) in [5.41, 5.74) is -0.541. The van der Waals surface area contributed by atoms with Crippen LogP contribution in [0.1, 0.15) is 5.56 Å². The summed E-state index contributed by atoms with van der Waals surface area (Å²) in [5, 5.41) is 11.5. The second-order valence-corrected chi connectivity index (χ2v) is 6.19. The average molecular weight is 421 g/mol. The third-order valence-corrected chi connectivity index (χ3v) is 3.98. The Hall–Kier alpha value is -2.15. The van der Waals surface area contributed by atoms with Crippen molar-refractivity contribution in [3.8, 4) is 17.8 Å². The molecule has 2 rings (SSSR count). The van der Waals surface area contributed by atoms with E-state index in [1.54, 1.807) is 12.4 Å². The fraction of sp³-hybridized carbons (Fsp3) is 0.133. The fourth-order valence-corrected chi connectivity index (χ4v) is 2.61. The normalized spacial score (nSPS) is 11.8. The van der Waals surface area contributed by atoms with E-state index in [1.807, 2.05) is 0 Å². The maximum absolute atomic E-state index is 12.5. The molecule has 2 aromatic rings. The minimum absolute atomic E-state index is 0.0264. The van der Waals surface area contributed by atoms with Crippen LogP contribution < -0.4 is 10.1 Å². The Bertz CT molecular complexity index is 844. The van der Waals surface area contributed by atoms with Crippen LogP contribution in [0.15, 0.2) is 35.5 Å². The predicted molar refractivity (Wildman–Crippen MR) is 95.1 cm³/mol. The minimum Gasteiger partial charge on any atom is -0.436 e. The van der Waals surface area contributed by atoms with E-state index in [-0.39, 0.29) is 21.7 Å². The van der Waals surface area contributed by atoms with Crippen molar-refractivity contribution in [1.82, 2.24) is 10.3 Å². The molecular weight excluding hydrogens is 412 g/mol. The second-order valence-electron chi connectivity index (χ2n) is 4.58. The number of nitriles is 1. The molecule has 1 aromatic heterocycles. The molecule has 0 aliphatic heterocycles. The van der Waals surface area contributed by atoms with Crippen LogP contribution in [0.2, 0.25) is 10.0 Å². The van der Waals surface area contributed by atoms with Gasteiger partial charge in [-0.15, -0.1) is 0 Å². The minimum atomic E-state index is -4.49. The molecule has 136 valence electrons. The first-order valence-electron chi connectivity index (χ1n) is 6.72. The van der Waals surface area contributed by atoms with Crippen molar-refractivity contribution in [2.75, 3.05) is 6.26 Å². The van der Waals surface area contributed by atoms with Crippen LogP contribution in [0, 0.1) is 11.5 Å². The van der Waals surface area contributed by atoms with E-state index >= 15 is 0 Å². The van der Waals surface area contributed by atoms with Crippen LogP contribution >= 0.6 is 35.0 Å². The first kappa shape index (κ1) is 20.2. The van der Waals surface area contributed by atoms with Crippen LogP contribution in [0.4, 0.5) is 18.9 Å². The van der Waals surface area contributed by atoms with Crippen LogP contribution in [0.3, 0.4) is 0 Å². The largest absolute Gasteiger partial charge is 0.436 e. The monoisotopic (exact) mass is 420 g/mol. The Morgan fingerprint density at radius 3 is 2.42 bits per heavy atom. The molecule has 1 aromatic carbocycles. The average Bonchev–Trinajstić information content (AvgIpc) is 2.57. The van der Waals surface area contributed by atoms with E-state index in [2.05, 4.69) is 15.3 Å². The maximum Gasteiger partial charge on any atom is 0.417 e. The second kappa shape index (κ2) is 8.49. The summed E-state index contributed by atoms with van der Waals surface area (Å²) >= 11 is 13.4. The zero-order chi connectivity index (χ0) is 19.3. The molecule has 0 atom stereocenters. The van der Waals surface area contributed by atoms with Gasteiger partial charge in [-0.1, -0.05) is 35.0 Å². The van der Waals surface area contributed by atoms with Crippen LogP contribution in [-0.2, 0) is 6.18 Å². The molecule has 0 saturated carbocycles. The van der Waals surface area contributed by atoms with Gasteiger partial charge in [-0.2, -0.15) is 18.4 Å². The number of amidine groups is 1. The van der Waals surface area contributed by atoms with Gasteiger partial charge < -0.3 is 4.74 Å². The number of aromatic nitrogens is 1. The Morgan fingerprint density at radius 2 is 1.96 bits per heavy atom. The third-order valence-electron chi connectivity index (χ3n) is 2.84. The molecule has 0 aliphatic rings. The highest BCUT2D eigenvalue weighted by Crippen LogP contribution is 2.39. The molecule has 0 bridgehead atoms. The fourth-order valence-electron chi connectivity index (χ4n) is 1.71. The van der Waals surface area contributed by atoms with Gasteiger partial charge in [-0.3, -0.25) is 5.32 Å². The maximum atomic E-state index is 12.5. The highest BCUT2D eigenvalue weighted by Gasteiger charge is 2.30. The number of nitrogens with one attached hydrogen (secondary N) is 1. The Labute approximate surface area is 160 Å². The molecular formula is C15H9Cl2F3N4OS. The summed E-state index contributed by atoms with van der Waals surface area (Å²) in [5.74, 6) is -0.0764. The van der Waals surface area contributed by atoms with Gasteiger partial charge in [0.25, 0.3) is 0 Å². The molecule has 26 heavy (non-hydrogen) atoms. The number of aliphatic imine (C=N–C) groups is 1. The third kappa shape index (κ3) is 5.17. The van der Waals surface area contributed by atoms with Crippen molar-refractivity contribution < 1.29 is 17.9 Å². The molecule has 1 heterocycles. The molecule has 0 aliphatic carbocycles. The van der Waals surface area contributed by atoms with Crippen LogP contribution in [-0.4, -0.2) is 16.4 Å². The number of pyridine rings is 1. The van der Waals surface area contributed by atoms with E-state index in [4.69, 9.17) is 33.2 Å². The van der Waals surface area contributed by atoms with Gasteiger partial charge in [0.2, 0.25) is 5.88 Å². The molecule has 0 radical (unpaired) electrons. The number of alkyl halides is 3. The van der Waals surface area contributed by atoms with Crippen molar-refractivity contribution in [2.24, 2.45) is 4.99 Å². The molecule has 0 amide bonds. The van der Waals surface area contributed by atoms with E-state index in [1.165, 1.54) is 23.9 Å². The van der Waals surface area contributed by atoms with Crippen molar-refractivity contribution in [3.63, 3.8) is 0 Å². The zero-order valence-corrected chi connectivity index (χ0v) is 15.3. The van der Waals surface area contributed by atoms with Crippen molar-refractivity contribution >= 4 is 45.8 Å². The number of rotatable bonds is 3. The van der Waals surface area contributed by atoms with Crippen LogP contribution in [0.25, 0.3) is 0 Å². The highest BCUT2D eigenvalue weighted by molar-refractivity contribution is 8.13. The van der Waals surface area contributed by atoms with Gasteiger partial charge in [-0.25, -0.2) is 9.98 Å². The molecule has 11 heteroatoms.